The first-order valence-corrected chi connectivity index (χ1v) is 7.38. The largest absolute Gasteiger partial charge is 0.152 e. The summed E-state index contributed by atoms with van der Waals surface area (Å²) in [5.74, 6) is 0. The lowest BCUT2D eigenvalue weighted by Crippen LogP contribution is -1.77. The zero-order chi connectivity index (χ0) is 12.6. The molecule has 0 bridgehead atoms. The van der Waals surface area contributed by atoms with Gasteiger partial charge in [0.25, 0.3) is 0 Å². The minimum absolute atomic E-state index is 1.14. The Bertz CT molecular complexity index is 541. The first-order chi connectivity index (χ1) is 8.88. The van der Waals surface area contributed by atoms with E-state index in [1.165, 1.54) is 11.1 Å². The Morgan fingerprint density at radius 3 is 1.83 bits per heavy atom. The Morgan fingerprint density at radius 2 is 1.28 bits per heavy atom. The average molecular weight is 317 g/mol. The van der Waals surface area contributed by atoms with Gasteiger partial charge in [-0.25, -0.2) is 0 Å². The van der Waals surface area contributed by atoms with Gasteiger partial charge in [-0.15, -0.1) is 0 Å². The minimum atomic E-state index is 1.14. The van der Waals surface area contributed by atoms with Gasteiger partial charge in [0, 0.05) is 4.47 Å². The predicted molar refractivity (Wildman–Crippen MR) is 83.9 cm³/mol. The lowest BCUT2D eigenvalue weighted by molar-refractivity contribution is 1.58. The molecule has 0 aliphatic heterocycles. The second-order valence-corrected chi connectivity index (χ2v) is 5.31. The monoisotopic (exact) mass is 316 g/mol. The predicted octanol–water partition coefficient (Wildman–Crippen LogP) is 5.86. The van der Waals surface area contributed by atoms with Crippen molar-refractivity contribution in [1.29, 1.82) is 0 Å². The molecule has 0 unspecified atom stereocenters. The van der Waals surface area contributed by atoms with Crippen LogP contribution in [0.3, 0.4) is 0 Å². The molecule has 0 amide bonds. The maximum absolute atomic E-state index is 3.53. The van der Waals surface area contributed by atoms with Crippen molar-refractivity contribution >= 4 is 27.3 Å². The van der Waals surface area contributed by atoms with Gasteiger partial charge in [0.05, 0.1) is 0 Å². The van der Waals surface area contributed by atoms with Gasteiger partial charge in [0.2, 0.25) is 0 Å². The summed E-state index contributed by atoms with van der Waals surface area (Å²) >= 11 is 5.25. The van der Waals surface area contributed by atoms with Crippen LogP contribution >= 0.6 is 27.3 Å². The van der Waals surface area contributed by atoms with E-state index in [0.29, 0.717) is 0 Å². The molecule has 0 aliphatic carbocycles. The highest BCUT2D eigenvalue weighted by Gasteiger charge is 1.99. The van der Waals surface area contributed by atoms with E-state index in [2.05, 4.69) is 52.3 Å². The van der Waals surface area contributed by atoms with Crippen molar-refractivity contribution in [3.8, 4) is 11.1 Å². The lowest BCUT2D eigenvalue weighted by Gasteiger charge is -2.02. The fourth-order valence-corrected chi connectivity index (χ4v) is 2.51. The topological polar surface area (TPSA) is 0 Å². The summed E-state index contributed by atoms with van der Waals surface area (Å²) in [6.45, 7) is 0. The summed E-state index contributed by atoms with van der Waals surface area (Å²) in [6, 6.07) is 22.6. The Labute approximate surface area is 120 Å². The van der Waals surface area contributed by atoms with Crippen LogP contribution < -0.4 is 0 Å². The second kappa shape index (κ2) is 7.14. The smallest absolute Gasteiger partial charge is 0.0253 e. The molecular formula is C16H13BrS. The van der Waals surface area contributed by atoms with E-state index in [-0.39, 0.29) is 0 Å². The van der Waals surface area contributed by atoms with Crippen molar-refractivity contribution in [3.63, 3.8) is 0 Å². The number of thiophene rings is 1. The molecule has 90 valence electrons. The molecule has 0 saturated heterocycles. The van der Waals surface area contributed by atoms with Crippen LogP contribution in [0.1, 0.15) is 0 Å². The van der Waals surface area contributed by atoms with Crippen LogP contribution in [0.5, 0.6) is 0 Å². The standard InChI is InChI=1S/C12H9Br.C4H4S/c13-12-9-5-4-8-11(12)10-6-2-1-3-7-10;1-2-4-5-3-1/h1-9H;1-4H. The van der Waals surface area contributed by atoms with Crippen molar-refractivity contribution in [1.82, 2.24) is 0 Å². The molecule has 0 spiro atoms. The number of benzene rings is 2. The van der Waals surface area contributed by atoms with Crippen LogP contribution in [0.25, 0.3) is 11.1 Å². The third-order valence-corrected chi connectivity index (χ3v) is 3.70. The van der Waals surface area contributed by atoms with Gasteiger partial charge in [-0.1, -0.05) is 76.6 Å². The summed E-state index contributed by atoms with van der Waals surface area (Å²) in [4.78, 5) is 0. The summed E-state index contributed by atoms with van der Waals surface area (Å²) in [6.07, 6.45) is 0. The fraction of sp³-hybridized carbons (Fsp3) is 0. The minimum Gasteiger partial charge on any atom is -0.152 e. The molecule has 0 saturated carbocycles. The number of hydrogen-bond donors (Lipinski definition) is 0. The molecule has 0 nitrogen and oxygen atoms in total. The van der Waals surface area contributed by atoms with E-state index < -0.39 is 0 Å². The summed E-state index contributed by atoms with van der Waals surface area (Å²) < 4.78 is 1.14. The van der Waals surface area contributed by atoms with E-state index in [1.807, 2.05) is 41.1 Å². The van der Waals surface area contributed by atoms with Crippen LogP contribution in [-0.2, 0) is 0 Å². The van der Waals surface area contributed by atoms with E-state index in [0.717, 1.165) is 4.47 Å². The molecule has 1 heterocycles. The highest BCUT2D eigenvalue weighted by atomic mass is 79.9. The molecule has 18 heavy (non-hydrogen) atoms. The number of rotatable bonds is 1. The van der Waals surface area contributed by atoms with Gasteiger partial charge < -0.3 is 0 Å². The van der Waals surface area contributed by atoms with Gasteiger partial charge in [-0.3, -0.25) is 0 Å². The maximum atomic E-state index is 3.53. The highest BCUT2D eigenvalue weighted by molar-refractivity contribution is 9.10. The van der Waals surface area contributed by atoms with E-state index in [4.69, 9.17) is 0 Å². The van der Waals surface area contributed by atoms with Gasteiger partial charge in [0.1, 0.15) is 0 Å². The van der Waals surface area contributed by atoms with Crippen LogP contribution in [0.15, 0.2) is 82.0 Å². The molecule has 3 rings (SSSR count). The molecule has 0 radical (unpaired) electrons. The normalized spacial score (nSPS) is 9.39. The lowest BCUT2D eigenvalue weighted by atomic mass is 10.1. The molecule has 1 aromatic heterocycles. The summed E-state index contributed by atoms with van der Waals surface area (Å²) in [5, 5.41) is 4.08. The zero-order valence-electron chi connectivity index (χ0n) is 9.79. The Morgan fingerprint density at radius 1 is 0.667 bits per heavy atom. The average Bonchev–Trinajstić information content (AvgIpc) is 2.99. The van der Waals surface area contributed by atoms with E-state index >= 15 is 0 Å². The first kappa shape index (κ1) is 13.1. The SMILES string of the molecule is Brc1ccccc1-c1ccccc1.c1ccsc1. The molecule has 0 aliphatic rings. The zero-order valence-corrected chi connectivity index (χ0v) is 12.2. The quantitative estimate of drug-likeness (QED) is 0.527. The van der Waals surface area contributed by atoms with E-state index in [1.54, 1.807) is 11.3 Å². The van der Waals surface area contributed by atoms with Crippen molar-refractivity contribution in [2.75, 3.05) is 0 Å². The van der Waals surface area contributed by atoms with Gasteiger partial charge in [-0.05, 0) is 28.0 Å². The number of hydrogen-bond acceptors (Lipinski definition) is 1. The third-order valence-electron chi connectivity index (χ3n) is 2.38. The Hall–Kier alpha value is -1.38. The first-order valence-electron chi connectivity index (χ1n) is 5.65. The van der Waals surface area contributed by atoms with E-state index in [9.17, 15) is 0 Å². The second-order valence-electron chi connectivity index (χ2n) is 3.64. The maximum Gasteiger partial charge on any atom is 0.0253 e. The number of halogens is 1. The van der Waals surface area contributed by atoms with Gasteiger partial charge >= 0.3 is 0 Å². The van der Waals surface area contributed by atoms with Crippen molar-refractivity contribution in [3.05, 3.63) is 82.0 Å². The molecule has 2 aromatic carbocycles. The van der Waals surface area contributed by atoms with Crippen molar-refractivity contribution in [2.45, 2.75) is 0 Å². The van der Waals surface area contributed by atoms with Crippen LogP contribution in [0.4, 0.5) is 0 Å². The van der Waals surface area contributed by atoms with Gasteiger partial charge in [-0.2, -0.15) is 11.3 Å². The van der Waals surface area contributed by atoms with Crippen LogP contribution in [0, 0.1) is 0 Å². The molecule has 0 N–H and O–H groups in total. The van der Waals surface area contributed by atoms with Crippen molar-refractivity contribution < 1.29 is 0 Å². The van der Waals surface area contributed by atoms with Crippen molar-refractivity contribution in [2.24, 2.45) is 0 Å². The summed E-state index contributed by atoms with van der Waals surface area (Å²) in [7, 11) is 0. The Balaban J connectivity index is 0.000000202. The Kier molecular flexibility index (Phi) is 5.18. The van der Waals surface area contributed by atoms with Crippen LogP contribution in [0.2, 0.25) is 0 Å². The molecule has 2 heteroatoms. The van der Waals surface area contributed by atoms with Crippen LogP contribution in [-0.4, -0.2) is 0 Å². The highest BCUT2D eigenvalue weighted by Crippen LogP contribution is 2.27. The molecule has 3 aromatic rings. The van der Waals surface area contributed by atoms with Gasteiger partial charge in [0.15, 0.2) is 0 Å². The fourth-order valence-electron chi connectivity index (χ4n) is 1.54. The molecular weight excluding hydrogens is 304 g/mol. The molecule has 0 fully saturated rings. The third kappa shape index (κ3) is 3.83. The summed E-state index contributed by atoms with van der Waals surface area (Å²) in [5.41, 5.74) is 2.48. The molecule has 0 atom stereocenters.